The maximum absolute atomic E-state index is 5.66. The van der Waals surface area contributed by atoms with E-state index in [0.717, 1.165) is 32.7 Å². The quantitative estimate of drug-likeness (QED) is 0.835. The number of hydrogen-bond donors (Lipinski definition) is 1. The molecule has 0 saturated carbocycles. The van der Waals surface area contributed by atoms with Gasteiger partial charge in [-0.2, -0.15) is 0 Å². The van der Waals surface area contributed by atoms with Crippen LogP contribution in [0.4, 0.5) is 0 Å². The van der Waals surface area contributed by atoms with Gasteiger partial charge >= 0.3 is 0 Å². The van der Waals surface area contributed by atoms with Gasteiger partial charge in [0.15, 0.2) is 0 Å². The molecule has 0 bridgehead atoms. The average Bonchev–Trinajstić information content (AvgIpc) is 2.91. The highest BCUT2D eigenvalue weighted by Crippen LogP contribution is 2.21. The molecule has 0 aliphatic carbocycles. The second-order valence-electron chi connectivity index (χ2n) is 6.30. The van der Waals surface area contributed by atoms with E-state index in [1.807, 2.05) is 0 Å². The lowest BCUT2D eigenvalue weighted by atomic mass is 9.99. The summed E-state index contributed by atoms with van der Waals surface area (Å²) in [6.07, 6.45) is 1.50. The van der Waals surface area contributed by atoms with Crippen LogP contribution in [0.15, 0.2) is 24.3 Å². The van der Waals surface area contributed by atoms with Crippen molar-refractivity contribution in [3.8, 4) is 0 Å². The van der Waals surface area contributed by atoms with E-state index in [4.69, 9.17) is 4.74 Å². The number of nitrogens with zero attached hydrogens (tertiary/aromatic N) is 1. The van der Waals surface area contributed by atoms with Crippen molar-refractivity contribution in [1.29, 1.82) is 0 Å². The van der Waals surface area contributed by atoms with Crippen LogP contribution in [0.2, 0.25) is 0 Å². The van der Waals surface area contributed by atoms with Crippen molar-refractivity contribution in [2.75, 3.05) is 26.7 Å². The maximum atomic E-state index is 5.66. The third-order valence-electron chi connectivity index (χ3n) is 4.58. The molecule has 0 aromatic heterocycles. The topological polar surface area (TPSA) is 24.5 Å². The van der Waals surface area contributed by atoms with Crippen molar-refractivity contribution >= 4 is 0 Å². The highest BCUT2D eigenvalue weighted by molar-refractivity contribution is 5.25. The molecule has 1 aromatic carbocycles. The predicted octanol–water partition coefficient (Wildman–Crippen LogP) is 3.01. The zero-order chi connectivity index (χ0) is 15.2. The zero-order valence-electron chi connectivity index (χ0n) is 13.9. The molecule has 0 spiro atoms. The van der Waals surface area contributed by atoms with E-state index in [2.05, 4.69) is 62.3 Å². The summed E-state index contributed by atoms with van der Waals surface area (Å²) in [5.74, 6) is 0.569. The van der Waals surface area contributed by atoms with Crippen LogP contribution in [0, 0.1) is 0 Å². The van der Waals surface area contributed by atoms with Gasteiger partial charge in [0.2, 0.25) is 0 Å². The molecule has 21 heavy (non-hydrogen) atoms. The number of rotatable bonds is 7. The van der Waals surface area contributed by atoms with E-state index in [1.54, 1.807) is 0 Å². The monoisotopic (exact) mass is 290 g/mol. The molecule has 3 unspecified atom stereocenters. The first-order chi connectivity index (χ1) is 10.1. The number of likely N-dealkylation sites (N-methyl/N-ethyl adjacent to an activating group) is 2. The van der Waals surface area contributed by atoms with Crippen molar-refractivity contribution in [3.63, 3.8) is 0 Å². The van der Waals surface area contributed by atoms with Crippen LogP contribution in [0.5, 0.6) is 0 Å². The molecule has 1 aliphatic rings. The highest BCUT2D eigenvalue weighted by Gasteiger charge is 2.27. The summed E-state index contributed by atoms with van der Waals surface area (Å²) in [5.41, 5.74) is 2.80. The predicted molar refractivity (Wildman–Crippen MR) is 88.7 cm³/mol. The summed E-state index contributed by atoms with van der Waals surface area (Å²) in [6.45, 7) is 10.6. The van der Waals surface area contributed by atoms with Gasteiger partial charge in [-0.3, -0.25) is 4.90 Å². The molecule has 1 saturated heterocycles. The van der Waals surface area contributed by atoms with E-state index in [0.29, 0.717) is 18.1 Å². The summed E-state index contributed by atoms with van der Waals surface area (Å²) in [4.78, 5) is 2.43. The van der Waals surface area contributed by atoms with Gasteiger partial charge in [-0.1, -0.05) is 38.1 Å². The Bertz CT molecular complexity index is 418. The van der Waals surface area contributed by atoms with Crippen LogP contribution in [0.25, 0.3) is 0 Å². The maximum Gasteiger partial charge on any atom is 0.0703 e. The Labute approximate surface area is 129 Å². The van der Waals surface area contributed by atoms with Crippen LogP contribution in [0.3, 0.4) is 0 Å². The van der Waals surface area contributed by atoms with Gasteiger partial charge in [0.25, 0.3) is 0 Å². The van der Waals surface area contributed by atoms with Gasteiger partial charge in [-0.05, 0) is 44.0 Å². The van der Waals surface area contributed by atoms with Gasteiger partial charge in [0, 0.05) is 25.7 Å². The first kappa shape index (κ1) is 16.5. The summed E-state index contributed by atoms with van der Waals surface area (Å²) in [7, 11) is 2.21. The van der Waals surface area contributed by atoms with Crippen molar-refractivity contribution in [2.24, 2.45) is 0 Å². The molecule has 3 atom stereocenters. The van der Waals surface area contributed by atoms with Crippen molar-refractivity contribution < 1.29 is 4.74 Å². The Morgan fingerprint density at radius 1 is 1.33 bits per heavy atom. The Kier molecular flexibility index (Phi) is 6.22. The van der Waals surface area contributed by atoms with E-state index >= 15 is 0 Å². The van der Waals surface area contributed by atoms with Crippen LogP contribution >= 0.6 is 0 Å². The summed E-state index contributed by atoms with van der Waals surface area (Å²) >= 11 is 0. The first-order valence-electron chi connectivity index (χ1n) is 8.23. The number of hydrogen-bond acceptors (Lipinski definition) is 3. The van der Waals surface area contributed by atoms with Gasteiger partial charge in [-0.15, -0.1) is 0 Å². The molecular formula is C18H30N2O. The summed E-state index contributed by atoms with van der Waals surface area (Å²) in [6, 6.07) is 9.65. The van der Waals surface area contributed by atoms with Crippen LogP contribution in [-0.4, -0.2) is 43.8 Å². The number of ether oxygens (including phenoxy) is 1. The molecule has 3 nitrogen and oxygen atoms in total. The number of nitrogens with one attached hydrogen (secondary N) is 1. The Balaban J connectivity index is 1.89. The highest BCUT2D eigenvalue weighted by atomic mass is 16.5. The van der Waals surface area contributed by atoms with Crippen LogP contribution in [-0.2, 0) is 11.3 Å². The van der Waals surface area contributed by atoms with Crippen molar-refractivity contribution in [1.82, 2.24) is 10.2 Å². The lowest BCUT2D eigenvalue weighted by molar-refractivity contribution is 0.0814. The van der Waals surface area contributed by atoms with E-state index < -0.39 is 0 Å². The molecule has 0 radical (unpaired) electrons. The van der Waals surface area contributed by atoms with Crippen LogP contribution in [0.1, 0.15) is 44.2 Å². The minimum absolute atomic E-state index is 0.356. The minimum atomic E-state index is 0.356. The second kappa shape index (κ2) is 7.92. The minimum Gasteiger partial charge on any atom is -0.377 e. The molecular weight excluding hydrogens is 260 g/mol. The fourth-order valence-corrected chi connectivity index (χ4v) is 3.13. The van der Waals surface area contributed by atoms with Gasteiger partial charge in [0.1, 0.15) is 0 Å². The van der Waals surface area contributed by atoms with E-state index in [-0.39, 0.29) is 0 Å². The Morgan fingerprint density at radius 3 is 2.62 bits per heavy atom. The summed E-state index contributed by atoms with van der Waals surface area (Å²) < 4.78 is 5.66. The van der Waals surface area contributed by atoms with Crippen LogP contribution < -0.4 is 5.32 Å². The van der Waals surface area contributed by atoms with Gasteiger partial charge in [-0.25, -0.2) is 0 Å². The molecule has 118 valence electrons. The van der Waals surface area contributed by atoms with E-state index in [9.17, 15) is 0 Å². The normalized spacial score (nSPS) is 23.7. The molecule has 1 aromatic rings. The van der Waals surface area contributed by atoms with Gasteiger partial charge < -0.3 is 10.1 Å². The largest absolute Gasteiger partial charge is 0.377 e. The zero-order valence-corrected chi connectivity index (χ0v) is 13.9. The second-order valence-corrected chi connectivity index (χ2v) is 6.30. The third-order valence-corrected chi connectivity index (χ3v) is 4.58. The SMILES string of the molecule is CCNCC(C)c1ccc(CN(C)C2CCOC2C)cc1. The van der Waals surface area contributed by atoms with E-state index in [1.165, 1.54) is 11.1 Å². The number of benzene rings is 1. The smallest absolute Gasteiger partial charge is 0.0703 e. The molecule has 1 N–H and O–H groups in total. The fraction of sp³-hybridized carbons (Fsp3) is 0.667. The first-order valence-corrected chi connectivity index (χ1v) is 8.23. The van der Waals surface area contributed by atoms with Crippen molar-refractivity contribution in [2.45, 2.75) is 51.8 Å². The lowest BCUT2D eigenvalue weighted by Gasteiger charge is -2.26. The molecule has 1 heterocycles. The standard InChI is InChI=1S/C18H30N2O/c1-5-19-12-14(2)17-8-6-16(7-9-17)13-20(4)18-10-11-21-15(18)3/h6-9,14-15,18-19H,5,10-13H2,1-4H3. The Hall–Kier alpha value is -0.900. The van der Waals surface area contributed by atoms with Crippen molar-refractivity contribution in [3.05, 3.63) is 35.4 Å². The fourth-order valence-electron chi connectivity index (χ4n) is 3.13. The molecule has 1 aliphatic heterocycles. The van der Waals surface area contributed by atoms with Gasteiger partial charge in [0.05, 0.1) is 6.10 Å². The lowest BCUT2D eigenvalue weighted by Crippen LogP contribution is -2.36. The average molecular weight is 290 g/mol. The molecule has 0 amide bonds. The summed E-state index contributed by atoms with van der Waals surface area (Å²) in [5, 5.41) is 3.41. The molecule has 3 heteroatoms. The Morgan fingerprint density at radius 2 is 2.05 bits per heavy atom. The molecule has 1 fully saturated rings. The molecule has 2 rings (SSSR count). The third kappa shape index (κ3) is 4.53.